The molecule has 0 N–H and O–H groups in total. The summed E-state index contributed by atoms with van der Waals surface area (Å²) in [6.45, 7) is 1.70. The summed E-state index contributed by atoms with van der Waals surface area (Å²) < 4.78 is 25.5. The Balaban J connectivity index is 2.88. The lowest BCUT2D eigenvalue weighted by atomic mass is 10.5. The number of carbonyl (C=O) groups is 1. The molecule has 0 radical (unpaired) electrons. The number of nitrogens with zero attached hydrogens (tertiary/aromatic N) is 2. The highest BCUT2D eigenvalue weighted by Gasteiger charge is 2.24. The molecule has 0 saturated carbocycles. The molecule has 17 heavy (non-hydrogen) atoms. The van der Waals surface area contributed by atoms with E-state index >= 15 is 0 Å². The number of rotatable bonds is 4. The molecule has 7 heteroatoms. The zero-order valence-electron chi connectivity index (χ0n) is 10.3. The van der Waals surface area contributed by atoms with Gasteiger partial charge in [-0.1, -0.05) is 0 Å². The second-order valence-electron chi connectivity index (χ2n) is 3.91. The highest BCUT2D eigenvalue weighted by molar-refractivity contribution is 7.91. The van der Waals surface area contributed by atoms with Crippen molar-refractivity contribution in [2.45, 2.75) is 11.1 Å². The lowest BCUT2D eigenvalue weighted by Crippen LogP contribution is -2.37. The summed E-state index contributed by atoms with van der Waals surface area (Å²) in [6.07, 6.45) is 0. The van der Waals surface area contributed by atoms with Gasteiger partial charge in [-0.3, -0.25) is 4.79 Å². The van der Waals surface area contributed by atoms with Crippen LogP contribution in [0.1, 0.15) is 4.88 Å². The van der Waals surface area contributed by atoms with Crippen molar-refractivity contribution in [3.05, 3.63) is 17.0 Å². The highest BCUT2D eigenvalue weighted by atomic mass is 32.2. The Morgan fingerprint density at radius 1 is 1.29 bits per heavy atom. The number of hydrogen-bond donors (Lipinski definition) is 0. The number of thiophene rings is 1. The maximum Gasteiger partial charge on any atom is 0.252 e. The largest absolute Gasteiger partial charge is 0.348 e. The van der Waals surface area contributed by atoms with E-state index in [2.05, 4.69) is 0 Å². The van der Waals surface area contributed by atoms with E-state index in [0.717, 1.165) is 9.18 Å². The van der Waals surface area contributed by atoms with Crippen molar-refractivity contribution in [3.63, 3.8) is 0 Å². The van der Waals surface area contributed by atoms with Crippen LogP contribution in [0.2, 0.25) is 0 Å². The van der Waals surface area contributed by atoms with Crippen LogP contribution in [0.4, 0.5) is 0 Å². The summed E-state index contributed by atoms with van der Waals surface area (Å²) in [5, 5.41) is 0. The number of hydrogen-bond acceptors (Lipinski definition) is 4. The van der Waals surface area contributed by atoms with Crippen LogP contribution in [0.15, 0.2) is 16.3 Å². The summed E-state index contributed by atoms with van der Waals surface area (Å²) >= 11 is 1.20. The first-order chi connectivity index (χ1) is 7.75. The molecule has 0 bridgehead atoms. The summed E-state index contributed by atoms with van der Waals surface area (Å²) in [5.41, 5.74) is 0. The number of aryl methyl sites for hydroxylation is 1. The molecular formula is C10H16N2O3S2. The fourth-order valence-electron chi connectivity index (χ4n) is 1.12. The van der Waals surface area contributed by atoms with Gasteiger partial charge in [0.25, 0.3) is 10.0 Å². The van der Waals surface area contributed by atoms with Gasteiger partial charge in [-0.15, -0.1) is 11.3 Å². The van der Waals surface area contributed by atoms with E-state index in [9.17, 15) is 13.2 Å². The monoisotopic (exact) mass is 276 g/mol. The van der Waals surface area contributed by atoms with E-state index in [-0.39, 0.29) is 16.7 Å². The standard InChI is InChI=1S/C10H16N2O3S2/c1-8-5-6-10(16-8)17(14,15)12(4)7-9(13)11(2)3/h5-6H,7H2,1-4H3. The minimum atomic E-state index is -3.54. The Morgan fingerprint density at radius 3 is 2.29 bits per heavy atom. The number of likely N-dealkylation sites (N-methyl/N-ethyl adjacent to an activating group) is 2. The summed E-state index contributed by atoms with van der Waals surface area (Å²) in [7, 11) is 1.06. The first-order valence-electron chi connectivity index (χ1n) is 4.98. The van der Waals surface area contributed by atoms with Gasteiger partial charge in [-0.2, -0.15) is 4.31 Å². The molecule has 1 aromatic heterocycles. The molecule has 1 rings (SSSR count). The van der Waals surface area contributed by atoms with Crippen LogP contribution in [0.5, 0.6) is 0 Å². The van der Waals surface area contributed by atoms with Crippen LogP contribution in [-0.4, -0.2) is 51.2 Å². The Kier molecular flexibility index (Phi) is 4.29. The highest BCUT2D eigenvalue weighted by Crippen LogP contribution is 2.23. The lowest BCUT2D eigenvalue weighted by molar-refractivity contribution is -0.128. The molecule has 1 aromatic rings. The van der Waals surface area contributed by atoms with Gasteiger partial charge in [0.15, 0.2) is 0 Å². The van der Waals surface area contributed by atoms with E-state index in [4.69, 9.17) is 0 Å². The van der Waals surface area contributed by atoms with Crippen LogP contribution in [0, 0.1) is 6.92 Å². The van der Waals surface area contributed by atoms with Crippen LogP contribution in [0.3, 0.4) is 0 Å². The fourth-order valence-corrected chi connectivity index (χ4v) is 3.74. The average molecular weight is 276 g/mol. The summed E-state index contributed by atoms with van der Waals surface area (Å²) in [5.74, 6) is -0.246. The molecule has 0 aliphatic heterocycles. The smallest absolute Gasteiger partial charge is 0.252 e. The first-order valence-corrected chi connectivity index (χ1v) is 7.23. The third kappa shape index (κ3) is 3.27. The summed E-state index contributed by atoms with van der Waals surface area (Å²) in [6, 6.07) is 3.31. The molecule has 0 aromatic carbocycles. The lowest BCUT2D eigenvalue weighted by Gasteiger charge is -2.18. The molecule has 96 valence electrons. The molecule has 0 aliphatic rings. The SMILES string of the molecule is Cc1ccc(S(=O)(=O)N(C)CC(=O)N(C)C)s1. The molecule has 0 fully saturated rings. The Hall–Kier alpha value is -0.920. The molecule has 0 atom stereocenters. The van der Waals surface area contributed by atoms with Gasteiger partial charge in [0, 0.05) is 26.0 Å². The van der Waals surface area contributed by atoms with E-state index < -0.39 is 10.0 Å². The van der Waals surface area contributed by atoms with Crippen molar-refractivity contribution in [1.82, 2.24) is 9.21 Å². The van der Waals surface area contributed by atoms with Crippen LogP contribution >= 0.6 is 11.3 Å². The number of sulfonamides is 1. The van der Waals surface area contributed by atoms with Crippen molar-refractivity contribution >= 4 is 27.3 Å². The third-order valence-electron chi connectivity index (χ3n) is 2.24. The van der Waals surface area contributed by atoms with Crippen molar-refractivity contribution < 1.29 is 13.2 Å². The maximum atomic E-state index is 12.1. The quantitative estimate of drug-likeness (QED) is 0.816. The topological polar surface area (TPSA) is 57.7 Å². The van der Waals surface area contributed by atoms with Crippen LogP contribution in [0.25, 0.3) is 0 Å². The van der Waals surface area contributed by atoms with Crippen molar-refractivity contribution in [2.75, 3.05) is 27.7 Å². The molecule has 0 aliphatic carbocycles. The molecule has 0 saturated heterocycles. The van der Waals surface area contributed by atoms with Crippen molar-refractivity contribution in [1.29, 1.82) is 0 Å². The van der Waals surface area contributed by atoms with Gasteiger partial charge >= 0.3 is 0 Å². The van der Waals surface area contributed by atoms with Gasteiger partial charge in [0.1, 0.15) is 4.21 Å². The zero-order valence-corrected chi connectivity index (χ0v) is 11.9. The van der Waals surface area contributed by atoms with Gasteiger partial charge in [-0.25, -0.2) is 8.42 Å². The normalized spacial score (nSPS) is 11.8. The molecule has 0 spiro atoms. The van der Waals surface area contributed by atoms with Gasteiger partial charge < -0.3 is 4.90 Å². The number of carbonyl (C=O) groups excluding carboxylic acids is 1. The minimum absolute atomic E-state index is 0.147. The predicted octanol–water partition coefficient (Wildman–Crippen LogP) is 0.765. The van der Waals surface area contributed by atoms with Gasteiger partial charge in [-0.05, 0) is 19.1 Å². The molecule has 1 heterocycles. The second kappa shape index (κ2) is 5.16. The Morgan fingerprint density at radius 2 is 1.88 bits per heavy atom. The van der Waals surface area contributed by atoms with E-state index in [1.165, 1.54) is 23.3 Å². The van der Waals surface area contributed by atoms with Gasteiger partial charge in [0.2, 0.25) is 5.91 Å². The summed E-state index contributed by atoms with van der Waals surface area (Å²) in [4.78, 5) is 13.8. The Bertz CT molecular complexity index is 505. The molecular weight excluding hydrogens is 260 g/mol. The minimum Gasteiger partial charge on any atom is -0.348 e. The average Bonchev–Trinajstić information content (AvgIpc) is 2.64. The van der Waals surface area contributed by atoms with E-state index in [0.29, 0.717) is 0 Å². The fraction of sp³-hybridized carbons (Fsp3) is 0.500. The van der Waals surface area contributed by atoms with Crippen molar-refractivity contribution in [3.8, 4) is 0 Å². The van der Waals surface area contributed by atoms with E-state index in [1.54, 1.807) is 26.2 Å². The second-order valence-corrected chi connectivity index (χ2v) is 7.47. The maximum absolute atomic E-state index is 12.1. The molecule has 0 unspecified atom stereocenters. The number of amides is 1. The van der Waals surface area contributed by atoms with Gasteiger partial charge in [0.05, 0.1) is 6.54 Å². The first kappa shape index (κ1) is 14.1. The van der Waals surface area contributed by atoms with Crippen LogP contribution in [-0.2, 0) is 14.8 Å². The molecule has 5 nitrogen and oxygen atoms in total. The third-order valence-corrected chi connectivity index (χ3v) is 5.51. The van der Waals surface area contributed by atoms with Crippen molar-refractivity contribution in [2.24, 2.45) is 0 Å². The van der Waals surface area contributed by atoms with Crippen LogP contribution < -0.4 is 0 Å². The molecule has 1 amide bonds. The zero-order chi connectivity index (χ0) is 13.2. The van der Waals surface area contributed by atoms with E-state index in [1.807, 2.05) is 6.92 Å². The predicted molar refractivity (Wildman–Crippen MR) is 67.6 cm³/mol. The Labute approximate surface area is 106 Å².